The van der Waals surface area contributed by atoms with Gasteiger partial charge < -0.3 is 16.0 Å². The molecule has 0 fully saturated rings. The van der Waals surface area contributed by atoms with Crippen molar-refractivity contribution in [3.05, 3.63) is 10.1 Å². The average Bonchev–Trinajstić information content (AvgIpc) is 2.36. The van der Waals surface area contributed by atoms with Crippen LogP contribution < -0.4 is 16.0 Å². The number of hydrogen-bond acceptors (Lipinski definition) is 6. The third-order valence-corrected chi connectivity index (χ3v) is 3.73. The van der Waals surface area contributed by atoms with Gasteiger partial charge in [0.25, 0.3) is 0 Å². The Bertz CT molecular complexity index is 384. The first-order valence-corrected chi connectivity index (χ1v) is 7.56. The van der Waals surface area contributed by atoms with Crippen LogP contribution in [0.3, 0.4) is 0 Å². The predicted octanol–water partition coefficient (Wildman–Crippen LogP) is 0.434. The number of aliphatic imine (C=N–C) groups is 1. The van der Waals surface area contributed by atoms with E-state index in [1.54, 1.807) is 6.92 Å². The van der Waals surface area contributed by atoms with E-state index in [0.717, 1.165) is 18.7 Å². The van der Waals surface area contributed by atoms with Crippen molar-refractivity contribution in [3.8, 4) is 0 Å². The lowest BCUT2D eigenvalue weighted by Crippen LogP contribution is -2.53. The largest absolute Gasteiger partial charge is 0.310 e. The summed E-state index contributed by atoms with van der Waals surface area (Å²) in [5.41, 5.74) is 0.105. The molecule has 21 heavy (non-hydrogen) atoms. The van der Waals surface area contributed by atoms with Gasteiger partial charge in [0.15, 0.2) is 0 Å². The van der Waals surface area contributed by atoms with Crippen molar-refractivity contribution in [2.45, 2.75) is 45.2 Å². The Morgan fingerprint density at radius 2 is 1.76 bits per heavy atom. The van der Waals surface area contributed by atoms with E-state index in [9.17, 15) is 10.1 Å². The zero-order valence-electron chi connectivity index (χ0n) is 13.7. The quantitative estimate of drug-likeness (QED) is 0.482. The molecule has 1 unspecified atom stereocenters. The minimum absolute atomic E-state index is 0.0147. The van der Waals surface area contributed by atoms with Gasteiger partial charge in [-0.1, -0.05) is 0 Å². The maximum Gasteiger partial charge on any atom is 0.243 e. The third-order valence-electron chi connectivity index (χ3n) is 3.73. The summed E-state index contributed by atoms with van der Waals surface area (Å²) in [6.45, 7) is 11.5. The minimum atomic E-state index is -0.988. The Labute approximate surface area is 127 Å². The van der Waals surface area contributed by atoms with E-state index in [4.69, 9.17) is 0 Å². The summed E-state index contributed by atoms with van der Waals surface area (Å²) >= 11 is 0. The van der Waals surface area contributed by atoms with Gasteiger partial charge in [-0.15, -0.1) is 0 Å². The van der Waals surface area contributed by atoms with Crippen molar-refractivity contribution in [1.29, 1.82) is 0 Å². The average molecular weight is 299 g/mol. The lowest BCUT2D eigenvalue weighted by Gasteiger charge is -2.27. The van der Waals surface area contributed by atoms with Gasteiger partial charge in [0.1, 0.15) is 0 Å². The fourth-order valence-corrected chi connectivity index (χ4v) is 2.48. The summed E-state index contributed by atoms with van der Waals surface area (Å²) < 4.78 is 0. The van der Waals surface area contributed by atoms with E-state index in [1.165, 1.54) is 0 Å². The van der Waals surface area contributed by atoms with Crippen LogP contribution in [0.4, 0.5) is 0 Å². The van der Waals surface area contributed by atoms with Crippen LogP contribution in [-0.2, 0) is 0 Å². The van der Waals surface area contributed by atoms with Crippen molar-refractivity contribution in [1.82, 2.24) is 16.0 Å². The molecule has 1 atom stereocenters. The molecule has 3 N–H and O–H groups in total. The van der Waals surface area contributed by atoms with Crippen molar-refractivity contribution in [2.24, 2.45) is 4.99 Å². The summed E-state index contributed by atoms with van der Waals surface area (Å²) in [5, 5.41) is 21.1. The predicted molar refractivity (Wildman–Crippen MR) is 85.8 cm³/mol. The van der Waals surface area contributed by atoms with Crippen LogP contribution >= 0.6 is 0 Å². The highest BCUT2D eigenvalue weighted by Gasteiger charge is 2.36. The van der Waals surface area contributed by atoms with Gasteiger partial charge in [-0.25, -0.2) is 0 Å². The molecule has 1 aliphatic heterocycles. The number of hydrogen-bond donors (Lipinski definition) is 3. The van der Waals surface area contributed by atoms with E-state index < -0.39 is 5.54 Å². The van der Waals surface area contributed by atoms with Crippen LogP contribution in [0.15, 0.2) is 4.99 Å². The van der Waals surface area contributed by atoms with Gasteiger partial charge in [0.2, 0.25) is 5.54 Å². The number of nitrogens with zero attached hydrogens (tertiary/aromatic N) is 2. The summed E-state index contributed by atoms with van der Waals surface area (Å²) in [6.07, 6.45) is 0.902. The molecule has 0 aliphatic carbocycles. The van der Waals surface area contributed by atoms with Gasteiger partial charge in [-0.05, 0) is 20.8 Å². The third kappa shape index (κ3) is 6.50. The van der Waals surface area contributed by atoms with Crippen LogP contribution in [0.25, 0.3) is 0 Å². The van der Waals surface area contributed by atoms with Gasteiger partial charge in [-0.3, -0.25) is 15.1 Å². The van der Waals surface area contributed by atoms with Crippen molar-refractivity contribution in [2.75, 3.05) is 39.3 Å². The molecule has 1 aliphatic rings. The Kier molecular flexibility index (Phi) is 6.70. The van der Waals surface area contributed by atoms with E-state index in [1.807, 2.05) is 6.92 Å². The highest BCUT2D eigenvalue weighted by molar-refractivity contribution is 5.82. The molecule has 0 aromatic rings. The normalized spacial score (nSPS) is 29.2. The molecule has 0 bridgehead atoms. The molecule has 0 spiro atoms. The zero-order valence-corrected chi connectivity index (χ0v) is 13.7. The van der Waals surface area contributed by atoms with Crippen LogP contribution in [0.2, 0.25) is 0 Å². The Morgan fingerprint density at radius 3 is 2.38 bits per heavy atom. The molecular weight excluding hydrogens is 270 g/mol. The lowest BCUT2D eigenvalue weighted by atomic mass is 9.97. The molecular formula is C14H29N5O2. The minimum Gasteiger partial charge on any atom is -0.310 e. The number of nitro groups is 1. The lowest BCUT2D eigenvalue weighted by molar-refractivity contribution is -0.560. The van der Waals surface area contributed by atoms with Crippen LogP contribution in [-0.4, -0.2) is 61.0 Å². The maximum atomic E-state index is 11.3. The first-order chi connectivity index (χ1) is 9.75. The first kappa shape index (κ1) is 18.0. The Balaban J connectivity index is 2.69. The zero-order chi connectivity index (χ0) is 15.9. The Morgan fingerprint density at radius 1 is 1.14 bits per heavy atom. The maximum absolute atomic E-state index is 11.3. The second-order valence-corrected chi connectivity index (χ2v) is 6.71. The SMILES string of the molecule is CC1=NCCNCC(C)([N+](=O)[O-])CNCCNC(C)(C)C1. The molecule has 0 saturated heterocycles. The topological polar surface area (TPSA) is 91.6 Å². The molecule has 0 radical (unpaired) electrons. The Hall–Kier alpha value is -1.05. The molecule has 0 aromatic heterocycles. The molecule has 0 amide bonds. The fourth-order valence-electron chi connectivity index (χ4n) is 2.48. The molecule has 1 heterocycles. The van der Waals surface area contributed by atoms with Crippen molar-refractivity contribution < 1.29 is 4.92 Å². The van der Waals surface area contributed by atoms with Gasteiger partial charge in [-0.2, -0.15) is 0 Å². The standard InChI is InChI=1S/C14H29N5O2/c1-12-9-13(2,3)18-8-6-16-11-14(4,19(20)21)10-15-5-7-17-12/h15-16,18H,5-11H2,1-4H3. The van der Waals surface area contributed by atoms with Crippen LogP contribution in [0.1, 0.15) is 34.1 Å². The monoisotopic (exact) mass is 299 g/mol. The fraction of sp³-hybridized carbons (Fsp3) is 0.929. The van der Waals surface area contributed by atoms with E-state index in [0.29, 0.717) is 32.7 Å². The van der Waals surface area contributed by atoms with Gasteiger partial charge >= 0.3 is 0 Å². The summed E-state index contributed by atoms with van der Waals surface area (Å²) in [6, 6.07) is 0. The van der Waals surface area contributed by atoms with E-state index in [2.05, 4.69) is 34.8 Å². The second kappa shape index (κ2) is 7.82. The number of nitrogens with one attached hydrogen (secondary N) is 3. The molecule has 7 heteroatoms. The molecule has 0 saturated carbocycles. The highest BCUT2D eigenvalue weighted by atomic mass is 16.6. The van der Waals surface area contributed by atoms with Crippen LogP contribution in [0, 0.1) is 10.1 Å². The summed E-state index contributed by atoms with van der Waals surface area (Å²) in [7, 11) is 0. The van der Waals surface area contributed by atoms with Crippen LogP contribution in [0.5, 0.6) is 0 Å². The molecule has 122 valence electrons. The number of rotatable bonds is 1. The van der Waals surface area contributed by atoms with E-state index >= 15 is 0 Å². The summed E-state index contributed by atoms with van der Waals surface area (Å²) in [4.78, 5) is 15.6. The van der Waals surface area contributed by atoms with Crippen molar-refractivity contribution >= 4 is 5.71 Å². The van der Waals surface area contributed by atoms with Crippen molar-refractivity contribution in [3.63, 3.8) is 0 Å². The van der Waals surface area contributed by atoms with E-state index in [-0.39, 0.29) is 10.5 Å². The first-order valence-electron chi connectivity index (χ1n) is 7.56. The van der Waals surface area contributed by atoms with Gasteiger partial charge in [0.05, 0.1) is 19.6 Å². The molecule has 7 nitrogen and oxygen atoms in total. The smallest absolute Gasteiger partial charge is 0.243 e. The second-order valence-electron chi connectivity index (χ2n) is 6.71. The highest BCUT2D eigenvalue weighted by Crippen LogP contribution is 2.10. The summed E-state index contributed by atoms with van der Waals surface area (Å²) in [5.74, 6) is 0. The molecule has 0 aromatic carbocycles. The van der Waals surface area contributed by atoms with Gasteiger partial charge in [0, 0.05) is 49.2 Å². The molecule has 1 rings (SSSR count).